The monoisotopic (exact) mass is 305 g/mol. The minimum atomic E-state index is -1.06. The lowest BCUT2D eigenvalue weighted by Gasteiger charge is -2.02. The van der Waals surface area contributed by atoms with E-state index >= 15 is 0 Å². The molecule has 6 heteroatoms. The number of benzene rings is 1. The number of hydrogen-bond acceptors (Lipinski definition) is 4. The van der Waals surface area contributed by atoms with Gasteiger partial charge < -0.3 is 15.2 Å². The Morgan fingerprint density at radius 3 is 2.52 bits per heavy atom. The lowest BCUT2D eigenvalue weighted by Crippen LogP contribution is -2.18. The average molecular weight is 305 g/mol. The van der Waals surface area contributed by atoms with E-state index in [9.17, 15) is 14.7 Å². The molecule has 2 rings (SSSR count). The van der Waals surface area contributed by atoms with Crippen molar-refractivity contribution in [2.45, 2.75) is 6.92 Å². The molecule has 1 heterocycles. The number of ether oxygens (including phenoxy) is 1. The molecule has 110 valence electrons. The van der Waals surface area contributed by atoms with Crippen molar-refractivity contribution < 1.29 is 19.4 Å². The fourth-order valence-electron chi connectivity index (χ4n) is 1.82. The van der Waals surface area contributed by atoms with Gasteiger partial charge in [-0.25, -0.2) is 4.79 Å². The molecule has 0 saturated carbocycles. The molecule has 2 aromatic rings. The number of thiophene rings is 1. The number of carboxylic acid groups (broad SMARTS) is 1. The Balaban J connectivity index is 2.34. The largest absolute Gasteiger partial charge is 0.477 e. The van der Waals surface area contributed by atoms with Crippen LogP contribution in [0.4, 0.5) is 5.69 Å². The van der Waals surface area contributed by atoms with Gasteiger partial charge in [-0.05, 0) is 18.6 Å². The van der Waals surface area contributed by atoms with Gasteiger partial charge in [0.2, 0.25) is 5.91 Å². The normalized spacial score (nSPS) is 10.4. The summed E-state index contributed by atoms with van der Waals surface area (Å²) in [4.78, 5) is 23.7. The Morgan fingerprint density at radius 1 is 1.29 bits per heavy atom. The number of methoxy groups -OCH3 is 1. The van der Waals surface area contributed by atoms with Gasteiger partial charge >= 0.3 is 5.97 Å². The van der Waals surface area contributed by atoms with Crippen molar-refractivity contribution >= 4 is 28.9 Å². The van der Waals surface area contributed by atoms with Crippen molar-refractivity contribution in [1.29, 1.82) is 0 Å². The molecule has 0 radical (unpaired) electrons. The molecule has 1 aromatic heterocycles. The molecule has 1 amide bonds. The molecule has 21 heavy (non-hydrogen) atoms. The first-order valence-electron chi connectivity index (χ1n) is 6.24. The van der Waals surface area contributed by atoms with E-state index in [-0.39, 0.29) is 17.4 Å². The summed E-state index contributed by atoms with van der Waals surface area (Å²) in [6.45, 7) is 1.87. The second-order valence-electron chi connectivity index (χ2n) is 4.51. The van der Waals surface area contributed by atoms with Crippen LogP contribution in [0, 0.1) is 6.92 Å². The minimum absolute atomic E-state index is 0.107. The van der Waals surface area contributed by atoms with Gasteiger partial charge in [0.15, 0.2) is 0 Å². The van der Waals surface area contributed by atoms with Gasteiger partial charge in [0, 0.05) is 12.0 Å². The second kappa shape index (κ2) is 6.51. The van der Waals surface area contributed by atoms with E-state index in [0.717, 1.165) is 27.3 Å². The van der Waals surface area contributed by atoms with Gasteiger partial charge in [0.05, 0.1) is 5.69 Å². The number of carbonyl (C=O) groups is 2. The quantitative estimate of drug-likeness (QED) is 0.890. The van der Waals surface area contributed by atoms with Crippen LogP contribution < -0.4 is 5.32 Å². The zero-order valence-electron chi connectivity index (χ0n) is 11.7. The SMILES string of the molecule is COCC(=O)Nc1cc(-c2ccc(C)cc2)sc1C(=O)O. The van der Waals surface area contributed by atoms with Gasteiger partial charge in [-0.3, -0.25) is 4.79 Å². The van der Waals surface area contributed by atoms with Gasteiger partial charge in [-0.2, -0.15) is 0 Å². The van der Waals surface area contributed by atoms with Gasteiger partial charge in [-0.1, -0.05) is 29.8 Å². The molecule has 5 nitrogen and oxygen atoms in total. The Kier molecular flexibility index (Phi) is 4.72. The number of rotatable bonds is 5. The highest BCUT2D eigenvalue weighted by Gasteiger charge is 2.18. The number of aryl methyl sites for hydroxylation is 1. The zero-order chi connectivity index (χ0) is 15.4. The number of nitrogens with one attached hydrogen (secondary N) is 1. The average Bonchev–Trinajstić information content (AvgIpc) is 2.83. The molecule has 0 atom stereocenters. The van der Waals surface area contributed by atoms with Gasteiger partial charge in [0.1, 0.15) is 11.5 Å². The zero-order valence-corrected chi connectivity index (χ0v) is 12.5. The summed E-state index contributed by atoms with van der Waals surface area (Å²) < 4.78 is 4.72. The van der Waals surface area contributed by atoms with E-state index in [0.29, 0.717) is 5.69 Å². The molecule has 1 aromatic carbocycles. The third-order valence-corrected chi connectivity index (χ3v) is 3.98. The maximum atomic E-state index is 11.6. The van der Waals surface area contributed by atoms with Crippen molar-refractivity contribution in [3.63, 3.8) is 0 Å². The topological polar surface area (TPSA) is 75.6 Å². The maximum absolute atomic E-state index is 11.6. The molecule has 0 fully saturated rings. The predicted octanol–water partition coefficient (Wildman–Crippen LogP) is 3.01. The fraction of sp³-hybridized carbons (Fsp3) is 0.200. The van der Waals surface area contributed by atoms with Crippen LogP contribution >= 0.6 is 11.3 Å². The number of carbonyl (C=O) groups excluding carboxylic acids is 1. The summed E-state index contributed by atoms with van der Waals surface area (Å²) in [5, 5.41) is 11.8. The van der Waals surface area contributed by atoms with E-state index in [1.54, 1.807) is 6.07 Å². The summed E-state index contributed by atoms with van der Waals surface area (Å²) >= 11 is 1.13. The molecule has 0 bridgehead atoms. The van der Waals surface area contributed by atoms with Crippen molar-refractivity contribution in [3.8, 4) is 10.4 Å². The van der Waals surface area contributed by atoms with Crippen LogP contribution in [0.15, 0.2) is 30.3 Å². The van der Waals surface area contributed by atoms with E-state index in [2.05, 4.69) is 5.32 Å². The van der Waals surface area contributed by atoms with Crippen molar-refractivity contribution in [3.05, 3.63) is 40.8 Å². The van der Waals surface area contributed by atoms with Crippen molar-refractivity contribution in [1.82, 2.24) is 0 Å². The Morgan fingerprint density at radius 2 is 1.95 bits per heavy atom. The summed E-state index contributed by atoms with van der Waals surface area (Å²) in [6.07, 6.45) is 0. The van der Waals surface area contributed by atoms with E-state index in [4.69, 9.17) is 4.74 Å². The number of aromatic carboxylic acids is 1. The molecule has 0 saturated heterocycles. The Labute approximate surface area is 126 Å². The third kappa shape index (κ3) is 3.68. The third-order valence-electron chi connectivity index (χ3n) is 2.81. The van der Waals surface area contributed by atoms with Crippen molar-refractivity contribution in [2.24, 2.45) is 0 Å². The van der Waals surface area contributed by atoms with E-state index in [1.165, 1.54) is 7.11 Å². The first kappa shape index (κ1) is 15.2. The Hall–Kier alpha value is -2.18. The highest BCUT2D eigenvalue weighted by atomic mass is 32.1. The fourth-order valence-corrected chi connectivity index (χ4v) is 2.78. The smallest absolute Gasteiger partial charge is 0.348 e. The molecular formula is C15H15NO4S. The van der Waals surface area contributed by atoms with E-state index in [1.807, 2.05) is 31.2 Å². The summed E-state index contributed by atoms with van der Waals surface area (Å²) in [5.41, 5.74) is 2.34. The highest BCUT2D eigenvalue weighted by Crippen LogP contribution is 2.35. The van der Waals surface area contributed by atoms with Gasteiger partial charge in [0.25, 0.3) is 0 Å². The molecular weight excluding hydrogens is 290 g/mol. The highest BCUT2D eigenvalue weighted by molar-refractivity contribution is 7.18. The molecule has 0 unspecified atom stereocenters. The van der Waals surface area contributed by atoms with Crippen LogP contribution in [0.5, 0.6) is 0 Å². The summed E-state index contributed by atoms with van der Waals surface area (Å²) in [7, 11) is 1.41. The first-order valence-corrected chi connectivity index (χ1v) is 7.06. The summed E-state index contributed by atoms with van der Waals surface area (Å²) in [5.74, 6) is -1.45. The standard InChI is InChI=1S/C15H15NO4S/c1-9-3-5-10(6-4-9)12-7-11(14(21-12)15(18)19)16-13(17)8-20-2/h3-7H,8H2,1-2H3,(H,16,17)(H,18,19). The van der Waals surface area contributed by atoms with Crippen LogP contribution in [0.2, 0.25) is 0 Å². The van der Waals surface area contributed by atoms with Gasteiger partial charge in [-0.15, -0.1) is 11.3 Å². The molecule has 2 N–H and O–H groups in total. The van der Waals surface area contributed by atoms with Crippen LogP contribution in [-0.2, 0) is 9.53 Å². The van der Waals surface area contributed by atoms with E-state index < -0.39 is 5.97 Å². The first-order chi connectivity index (χ1) is 10.0. The molecule has 0 aliphatic carbocycles. The number of amides is 1. The van der Waals surface area contributed by atoms with Crippen LogP contribution in [-0.4, -0.2) is 30.7 Å². The number of carboxylic acids is 1. The lowest BCUT2D eigenvalue weighted by molar-refractivity contribution is -0.119. The number of hydrogen-bond donors (Lipinski definition) is 2. The lowest BCUT2D eigenvalue weighted by atomic mass is 10.1. The molecule has 0 aliphatic heterocycles. The molecule has 0 aliphatic rings. The second-order valence-corrected chi connectivity index (χ2v) is 5.56. The molecule has 0 spiro atoms. The van der Waals surface area contributed by atoms with Crippen LogP contribution in [0.3, 0.4) is 0 Å². The van der Waals surface area contributed by atoms with Crippen LogP contribution in [0.25, 0.3) is 10.4 Å². The number of anilines is 1. The minimum Gasteiger partial charge on any atom is -0.477 e. The predicted molar refractivity (Wildman–Crippen MR) is 82.0 cm³/mol. The Bertz CT molecular complexity index is 661. The summed E-state index contributed by atoms with van der Waals surface area (Å²) in [6, 6.07) is 9.44. The maximum Gasteiger partial charge on any atom is 0.348 e. The van der Waals surface area contributed by atoms with Crippen molar-refractivity contribution in [2.75, 3.05) is 19.0 Å². The van der Waals surface area contributed by atoms with Crippen LogP contribution in [0.1, 0.15) is 15.2 Å².